The second-order valence-electron chi connectivity index (χ2n) is 6.30. The second kappa shape index (κ2) is 10.2. The Morgan fingerprint density at radius 3 is 1.91 bits per heavy atom. The third-order valence-corrected chi connectivity index (χ3v) is 19.7. The van der Waals surface area contributed by atoms with E-state index in [1.807, 2.05) is 6.07 Å². The molecule has 0 aromatic carbocycles. The molecule has 0 saturated heterocycles. The van der Waals surface area contributed by atoms with E-state index in [1.165, 1.54) is 55.5 Å². The normalized spacial score (nSPS) is 11.6. The zero-order valence-electron chi connectivity index (χ0n) is 14.4. The Labute approximate surface area is 139 Å². The van der Waals surface area contributed by atoms with Crippen LogP contribution in [-0.2, 0) is 0 Å². The van der Waals surface area contributed by atoms with Gasteiger partial charge in [0.1, 0.15) is 0 Å². The topological polar surface area (TPSA) is 50.2 Å². The molecule has 0 atom stereocenters. The van der Waals surface area contributed by atoms with Crippen LogP contribution >= 0.6 is 0 Å². The summed E-state index contributed by atoms with van der Waals surface area (Å²) >= 11 is -2.57. The van der Waals surface area contributed by atoms with Gasteiger partial charge in [0.25, 0.3) is 0 Å². The average Bonchev–Trinajstić information content (AvgIpc) is 2.54. The number of carboxylic acids is 1. The molecular formula is C18H31NO2Sn. The molecule has 0 spiro atoms. The van der Waals surface area contributed by atoms with E-state index < -0.39 is 24.3 Å². The number of hydrogen-bond donors (Lipinski definition) is 1. The van der Waals surface area contributed by atoms with Gasteiger partial charge in [-0.3, -0.25) is 0 Å². The van der Waals surface area contributed by atoms with Crippen molar-refractivity contribution in [1.29, 1.82) is 0 Å². The molecule has 1 aromatic rings. The van der Waals surface area contributed by atoms with E-state index in [2.05, 4.69) is 31.8 Å². The van der Waals surface area contributed by atoms with Crippen LogP contribution in [0.2, 0.25) is 13.3 Å². The Bertz CT molecular complexity index is 440. The van der Waals surface area contributed by atoms with Crippen molar-refractivity contribution in [2.24, 2.45) is 0 Å². The summed E-state index contributed by atoms with van der Waals surface area (Å²) in [5.74, 6) is -0.900. The maximum atomic E-state index is 11.3. The van der Waals surface area contributed by atoms with E-state index in [0.717, 1.165) is 0 Å². The maximum absolute atomic E-state index is 11.3. The molecule has 1 aromatic heterocycles. The van der Waals surface area contributed by atoms with Gasteiger partial charge in [-0.05, 0) is 0 Å². The molecule has 1 rings (SSSR count). The first-order valence-electron chi connectivity index (χ1n) is 8.80. The molecule has 4 heteroatoms. The van der Waals surface area contributed by atoms with Gasteiger partial charge in [0.15, 0.2) is 0 Å². The van der Waals surface area contributed by atoms with E-state index >= 15 is 0 Å². The predicted molar refractivity (Wildman–Crippen MR) is 95.7 cm³/mol. The van der Waals surface area contributed by atoms with E-state index in [0.29, 0.717) is 0 Å². The first-order chi connectivity index (χ1) is 10.6. The van der Waals surface area contributed by atoms with Gasteiger partial charge in [-0.25, -0.2) is 0 Å². The summed E-state index contributed by atoms with van der Waals surface area (Å²) in [6.45, 7) is 6.74. The van der Waals surface area contributed by atoms with E-state index in [9.17, 15) is 9.90 Å². The molecular weight excluding hydrogens is 381 g/mol. The Hall–Kier alpha value is -0.581. The Balaban J connectivity index is 3.18. The molecule has 0 radical (unpaired) electrons. The number of carboxylic acid groups (broad SMARTS) is 1. The van der Waals surface area contributed by atoms with Gasteiger partial charge in [-0.1, -0.05) is 0 Å². The monoisotopic (exact) mass is 413 g/mol. The van der Waals surface area contributed by atoms with Crippen LogP contribution in [0, 0.1) is 0 Å². The number of rotatable bonds is 11. The number of hydrogen-bond acceptors (Lipinski definition) is 2. The number of carbonyl (C=O) groups is 1. The Kier molecular flexibility index (Phi) is 9.06. The summed E-state index contributed by atoms with van der Waals surface area (Å²) in [5.41, 5.74) is 0.225. The van der Waals surface area contributed by atoms with Gasteiger partial charge < -0.3 is 0 Å². The molecule has 124 valence electrons. The van der Waals surface area contributed by atoms with Crippen molar-refractivity contribution in [3.8, 4) is 0 Å². The molecule has 22 heavy (non-hydrogen) atoms. The number of aromatic carboxylic acids is 1. The Morgan fingerprint density at radius 2 is 1.50 bits per heavy atom. The van der Waals surface area contributed by atoms with Crippen LogP contribution in [0.4, 0.5) is 0 Å². The van der Waals surface area contributed by atoms with E-state index in [4.69, 9.17) is 0 Å². The molecule has 0 bridgehead atoms. The molecule has 0 aliphatic carbocycles. The van der Waals surface area contributed by atoms with Gasteiger partial charge in [0.2, 0.25) is 0 Å². The van der Waals surface area contributed by atoms with E-state index in [1.54, 1.807) is 6.07 Å². The van der Waals surface area contributed by atoms with Crippen molar-refractivity contribution in [2.75, 3.05) is 0 Å². The molecule has 0 aliphatic heterocycles. The van der Waals surface area contributed by atoms with Crippen LogP contribution in [0.3, 0.4) is 0 Å². The quantitative estimate of drug-likeness (QED) is 0.530. The van der Waals surface area contributed by atoms with E-state index in [-0.39, 0.29) is 5.69 Å². The van der Waals surface area contributed by atoms with Gasteiger partial charge in [0.05, 0.1) is 0 Å². The zero-order chi connectivity index (χ0) is 16.4. The van der Waals surface area contributed by atoms with Crippen molar-refractivity contribution in [3.05, 3.63) is 23.9 Å². The SMILES string of the molecule is CCC[CH2][Sn]([CH2]CCC)([CH2]CCC)[c]1cccc(C(=O)O)n1. The molecule has 1 heterocycles. The standard InChI is InChI=1S/C6H4NO2.3C4H9.Sn/c8-6(9)5-3-1-2-4-7-5;3*1-3-4-2;/h1-3H,(H,8,9);3*1,3-4H2,2H3;. The fourth-order valence-electron chi connectivity index (χ4n) is 3.15. The summed E-state index contributed by atoms with van der Waals surface area (Å²) in [5, 5.41) is 9.26. The number of unbranched alkanes of at least 4 members (excludes halogenated alkanes) is 3. The Morgan fingerprint density at radius 1 is 1.00 bits per heavy atom. The van der Waals surface area contributed by atoms with Crippen molar-refractivity contribution >= 4 is 28.1 Å². The minimum atomic E-state index is -2.57. The number of pyridine rings is 1. The molecule has 0 aliphatic rings. The average molecular weight is 412 g/mol. The first-order valence-corrected chi connectivity index (χ1v) is 16.3. The minimum absolute atomic E-state index is 0.225. The molecule has 3 nitrogen and oxygen atoms in total. The number of nitrogens with zero attached hydrogens (tertiary/aromatic N) is 1. The fraction of sp³-hybridized carbons (Fsp3) is 0.667. The van der Waals surface area contributed by atoms with Gasteiger partial charge in [0, 0.05) is 0 Å². The summed E-state index contributed by atoms with van der Waals surface area (Å²) in [6.07, 6.45) is 7.45. The van der Waals surface area contributed by atoms with Crippen LogP contribution in [-0.4, -0.2) is 34.4 Å². The summed E-state index contributed by atoms with van der Waals surface area (Å²) in [7, 11) is 0. The second-order valence-corrected chi connectivity index (χ2v) is 19.4. The third kappa shape index (κ3) is 5.56. The van der Waals surface area contributed by atoms with Crippen LogP contribution < -0.4 is 3.71 Å². The molecule has 0 fully saturated rings. The summed E-state index contributed by atoms with van der Waals surface area (Å²) in [4.78, 5) is 15.9. The predicted octanol–water partition coefficient (Wildman–Crippen LogP) is 4.84. The van der Waals surface area contributed by atoms with Crippen molar-refractivity contribution < 1.29 is 9.90 Å². The van der Waals surface area contributed by atoms with Crippen LogP contribution in [0.1, 0.15) is 69.8 Å². The number of aromatic nitrogens is 1. The third-order valence-electron chi connectivity index (χ3n) is 4.54. The molecule has 1 N–H and O–H groups in total. The molecule has 0 saturated carbocycles. The summed E-state index contributed by atoms with van der Waals surface area (Å²) < 4.78 is 5.16. The van der Waals surface area contributed by atoms with Crippen LogP contribution in [0.15, 0.2) is 18.2 Å². The van der Waals surface area contributed by atoms with Gasteiger partial charge in [-0.2, -0.15) is 0 Å². The van der Waals surface area contributed by atoms with Crippen LogP contribution in [0.25, 0.3) is 0 Å². The van der Waals surface area contributed by atoms with Crippen molar-refractivity contribution in [1.82, 2.24) is 4.98 Å². The molecule has 0 unspecified atom stereocenters. The molecule has 0 amide bonds. The summed E-state index contributed by atoms with van der Waals surface area (Å²) in [6, 6.07) is 5.66. The van der Waals surface area contributed by atoms with Crippen molar-refractivity contribution in [3.63, 3.8) is 0 Å². The van der Waals surface area contributed by atoms with Gasteiger partial charge >= 0.3 is 139 Å². The fourth-order valence-corrected chi connectivity index (χ4v) is 18.6. The van der Waals surface area contributed by atoms with Crippen molar-refractivity contribution in [2.45, 2.75) is 72.6 Å². The van der Waals surface area contributed by atoms with Gasteiger partial charge in [-0.15, -0.1) is 0 Å². The van der Waals surface area contributed by atoms with Crippen LogP contribution in [0.5, 0.6) is 0 Å². The first kappa shape index (κ1) is 19.5. The zero-order valence-corrected chi connectivity index (χ0v) is 17.3.